The second-order valence-corrected chi connectivity index (χ2v) is 4.25. The molecule has 0 aliphatic carbocycles. The Bertz CT molecular complexity index is 294. The molecule has 1 aliphatic rings. The van der Waals surface area contributed by atoms with E-state index in [0.29, 0.717) is 6.61 Å². The summed E-state index contributed by atoms with van der Waals surface area (Å²) in [7, 11) is 0. The van der Waals surface area contributed by atoms with Crippen LogP contribution >= 0.6 is 0 Å². The molecule has 1 fully saturated rings. The fraction of sp³-hybridized carbons (Fsp3) is 0.500. The molecule has 0 aromatic heterocycles. The van der Waals surface area contributed by atoms with E-state index in [9.17, 15) is 0 Å². The highest BCUT2D eigenvalue weighted by Gasteiger charge is 2.29. The zero-order valence-corrected chi connectivity index (χ0v) is 8.91. The highest BCUT2D eigenvalue weighted by Crippen LogP contribution is 2.14. The Labute approximate surface area is 90.6 Å². The van der Waals surface area contributed by atoms with Gasteiger partial charge in [0.2, 0.25) is 0 Å². The van der Waals surface area contributed by atoms with Crippen LogP contribution in [0.4, 0.5) is 0 Å². The lowest BCUT2D eigenvalue weighted by molar-refractivity contribution is 0.177. The summed E-state index contributed by atoms with van der Waals surface area (Å²) in [6, 6.07) is 10.4. The Balaban J connectivity index is 1.75. The maximum Gasteiger partial charge on any atom is 0.0659 e. The molecule has 1 heterocycles. The molecule has 1 atom stereocenters. The van der Waals surface area contributed by atoms with Crippen molar-refractivity contribution in [1.29, 1.82) is 0 Å². The third-order valence-corrected chi connectivity index (χ3v) is 2.78. The predicted octanol–water partition coefficient (Wildman–Crippen LogP) is 0.894. The largest absolute Gasteiger partial charge is 0.379 e. The van der Waals surface area contributed by atoms with Gasteiger partial charge in [-0.3, -0.25) is 0 Å². The monoisotopic (exact) mass is 206 g/mol. The van der Waals surface area contributed by atoms with Crippen LogP contribution in [0.5, 0.6) is 0 Å². The third-order valence-electron chi connectivity index (χ3n) is 2.78. The smallest absolute Gasteiger partial charge is 0.0659 e. The van der Waals surface area contributed by atoms with Crippen molar-refractivity contribution in [2.45, 2.75) is 18.5 Å². The Morgan fingerprint density at radius 2 is 2.13 bits per heavy atom. The normalized spacial score (nSPS) is 25.7. The first kappa shape index (κ1) is 10.6. The van der Waals surface area contributed by atoms with Crippen LogP contribution in [0.15, 0.2) is 30.3 Å². The average Bonchev–Trinajstić information content (AvgIpc) is 2.67. The van der Waals surface area contributed by atoms with E-state index in [0.717, 1.165) is 26.1 Å². The fourth-order valence-electron chi connectivity index (χ4n) is 1.81. The molecule has 0 radical (unpaired) electrons. The number of ether oxygens (including phenoxy) is 1. The zero-order chi connectivity index (χ0) is 10.6. The molecule has 1 aliphatic heterocycles. The molecule has 0 bridgehead atoms. The van der Waals surface area contributed by atoms with E-state index in [4.69, 9.17) is 10.5 Å². The number of hydrogen-bond acceptors (Lipinski definition) is 3. The van der Waals surface area contributed by atoms with E-state index in [1.54, 1.807) is 0 Å². The van der Waals surface area contributed by atoms with E-state index in [1.165, 1.54) is 5.56 Å². The summed E-state index contributed by atoms with van der Waals surface area (Å²) in [6.07, 6.45) is 0.953. The number of hydrogen-bond donors (Lipinski definition) is 2. The highest BCUT2D eigenvalue weighted by atomic mass is 16.5. The van der Waals surface area contributed by atoms with Gasteiger partial charge in [-0.1, -0.05) is 30.3 Å². The number of rotatable bonds is 4. The van der Waals surface area contributed by atoms with E-state index >= 15 is 0 Å². The molecule has 2 rings (SSSR count). The molecule has 1 unspecified atom stereocenters. The van der Waals surface area contributed by atoms with Crippen LogP contribution < -0.4 is 11.1 Å². The molecule has 82 valence electrons. The zero-order valence-electron chi connectivity index (χ0n) is 8.91. The molecule has 3 heteroatoms. The van der Waals surface area contributed by atoms with Crippen molar-refractivity contribution in [3.8, 4) is 0 Å². The van der Waals surface area contributed by atoms with Crippen molar-refractivity contribution in [2.24, 2.45) is 5.73 Å². The van der Waals surface area contributed by atoms with Crippen LogP contribution in [0.1, 0.15) is 12.0 Å². The van der Waals surface area contributed by atoms with Crippen molar-refractivity contribution >= 4 is 0 Å². The third kappa shape index (κ3) is 3.02. The number of nitrogens with two attached hydrogens (primary N) is 1. The molecule has 0 amide bonds. The highest BCUT2D eigenvalue weighted by molar-refractivity contribution is 5.14. The van der Waals surface area contributed by atoms with Gasteiger partial charge in [-0.15, -0.1) is 0 Å². The predicted molar refractivity (Wildman–Crippen MR) is 60.5 cm³/mol. The first-order valence-electron chi connectivity index (χ1n) is 5.40. The Kier molecular flexibility index (Phi) is 3.36. The molecular formula is C12H18N2O. The summed E-state index contributed by atoms with van der Waals surface area (Å²) in [6.45, 7) is 3.17. The van der Waals surface area contributed by atoms with E-state index in [2.05, 4.69) is 17.4 Å². The van der Waals surface area contributed by atoms with Crippen molar-refractivity contribution < 1.29 is 4.74 Å². The lowest BCUT2D eigenvalue weighted by Crippen LogP contribution is -2.49. The van der Waals surface area contributed by atoms with Crippen LogP contribution in [0.25, 0.3) is 0 Å². The SMILES string of the molecule is NC1(CNCc2ccccc2)CCOC1. The number of nitrogens with one attached hydrogen (secondary N) is 1. The van der Waals surface area contributed by atoms with Crippen LogP contribution in [0, 0.1) is 0 Å². The second kappa shape index (κ2) is 4.75. The van der Waals surface area contributed by atoms with Crippen molar-refractivity contribution in [3.63, 3.8) is 0 Å². The van der Waals surface area contributed by atoms with Gasteiger partial charge in [0, 0.05) is 19.7 Å². The molecule has 15 heavy (non-hydrogen) atoms. The number of benzene rings is 1. The molecule has 0 spiro atoms. The van der Waals surface area contributed by atoms with Crippen LogP contribution in [0.3, 0.4) is 0 Å². The minimum atomic E-state index is -0.158. The fourth-order valence-corrected chi connectivity index (χ4v) is 1.81. The molecule has 0 saturated carbocycles. The van der Waals surface area contributed by atoms with Gasteiger partial charge >= 0.3 is 0 Å². The Morgan fingerprint density at radius 1 is 1.33 bits per heavy atom. The van der Waals surface area contributed by atoms with Gasteiger partial charge in [0.25, 0.3) is 0 Å². The lowest BCUT2D eigenvalue weighted by atomic mass is 10.0. The second-order valence-electron chi connectivity index (χ2n) is 4.25. The van der Waals surface area contributed by atoms with Crippen LogP contribution in [0.2, 0.25) is 0 Å². The van der Waals surface area contributed by atoms with Gasteiger partial charge in [-0.25, -0.2) is 0 Å². The van der Waals surface area contributed by atoms with Crippen LogP contribution in [-0.4, -0.2) is 25.3 Å². The standard InChI is InChI=1S/C12H18N2O/c13-12(6-7-15-10-12)9-14-8-11-4-2-1-3-5-11/h1-5,14H,6-10,13H2. The van der Waals surface area contributed by atoms with Gasteiger partial charge in [0.05, 0.1) is 12.1 Å². The van der Waals surface area contributed by atoms with Crippen LogP contribution in [-0.2, 0) is 11.3 Å². The topological polar surface area (TPSA) is 47.3 Å². The summed E-state index contributed by atoms with van der Waals surface area (Å²) in [5.41, 5.74) is 7.27. The average molecular weight is 206 g/mol. The minimum Gasteiger partial charge on any atom is -0.379 e. The molecule has 3 N–H and O–H groups in total. The molecule has 3 nitrogen and oxygen atoms in total. The maximum absolute atomic E-state index is 6.14. The summed E-state index contributed by atoms with van der Waals surface area (Å²) < 4.78 is 5.30. The minimum absolute atomic E-state index is 0.158. The van der Waals surface area contributed by atoms with Gasteiger partial charge in [-0.05, 0) is 12.0 Å². The molecular weight excluding hydrogens is 188 g/mol. The van der Waals surface area contributed by atoms with Crippen molar-refractivity contribution in [3.05, 3.63) is 35.9 Å². The summed E-state index contributed by atoms with van der Waals surface area (Å²) >= 11 is 0. The maximum atomic E-state index is 6.14. The summed E-state index contributed by atoms with van der Waals surface area (Å²) in [4.78, 5) is 0. The van der Waals surface area contributed by atoms with Gasteiger partial charge < -0.3 is 15.8 Å². The molecule has 1 aromatic carbocycles. The van der Waals surface area contributed by atoms with Gasteiger partial charge in [-0.2, -0.15) is 0 Å². The lowest BCUT2D eigenvalue weighted by Gasteiger charge is -2.22. The summed E-state index contributed by atoms with van der Waals surface area (Å²) in [5.74, 6) is 0. The quantitative estimate of drug-likeness (QED) is 0.769. The molecule has 1 saturated heterocycles. The Hall–Kier alpha value is -0.900. The van der Waals surface area contributed by atoms with E-state index in [-0.39, 0.29) is 5.54 Å². The summed E-state index contributed by atoms with van der Waals surface area (Å²) in [5, 5.41) is 3.38. The van der Waals surface area contributed by atoms with E-state index < -0.39 is 0 Å². The van der Waals surface area contributed by atoms with Crippen molar-refractivity contribution in [2.75, 3.05) is 19.8 Å². The van der Waals surface area contributed by atoms with Crippen molar-refractivity contribution in [1.82, 2.24) is 5.32 Å². The molecule has 1 aromatic rings. The van der Waals surface area contributed by atoms with Gasteiger partial charge in [0.15, 0.2) is 0 Å². The van der Waals surface area contributed by atoms with E-state index in [1.807, 2.05) is 18.2 Å². The first-order chi connectivity index (χ1) is 7.29. The first-order valence-corrected chi connectivity index (χ1v) is 5.40. The Morgan fingerprint density at radius 3 is 2.80 bits per heavy atom. The van der Waals surface area contributed by atoms with Gasteiger partial charge in [0.1, 0.15) is 0 Å².